The highest BCUT2D eigenvalue weighted by Crippen LogP contribution is 2.14. The molecule has 0 aromatic carbocycles. The maximum absolute atomic E-state index is 12.2. The Labute approximate surface area is 88.0 Å². The number of amides is 2. The van der Waals surface area contributed by atoms with E-state index in [-0.39, 0.29) is 12.6 Å². The van der Waals surface area contributed by atoms with Gasteiger partial charge in [-0.3, -0.25) is 4.90 Å². The zero-order valence-corrected chi connectivity index (χ0v) is 8.83. The predicted octanol–water partition coefficient (Wildman–Crippen LogP) is 0.726. The highest BCUT2D eigenvalue weighted by Gasteiger charge is 2.28. The Morgan fingerprint density at radius 1 is 1.53 bits per heavy atom. The predicted molar refractivity (Wildman–Crippen MR) is 52.8 cm³/mol. The van der Waals surface area contributed by atoms with Crippen LogP contribution in [0.5, 0.6) is 0 Å². The molecule has 1 heterocycles. The summed E-state index contributed by atoms with van der Waals surface area (Å²) in [4.78, 5) is 14.2. The van der Waals surface area contributed by atoms with Crippen molar-refractivity contribution in [2.75, 3.05) is 26.2 Å². The number of alkyl halides is 2. The Morgan fingerprint density at radius 3 is 2.67 bits per heavy atom. The molecular weight excluding hydrogens is 204 g/mol. The first-order valence-corrected chi connectivity index (χ1v) is 5.11. The fourth-order valence-electron chi connectivity index (χ4n) is 1.90. The second-order valence-corrected chi connectivity index (χ2v) is 3.73. The number of hydrogen-bond acceptors (Lipinski definition) is 2. The molecule has 0 bridgehead atoms. The first kappa shape index (κ1) is 12.2. The summed E-state index contributed by atoms with van der Waals surface area (Å²) in [5.74, 6) is 0. The van der Waals surface area contributed by atoms with E-state index >= 15 is 0 Å². The van der Waals surface area contributed by atoms with Crippen molar-refractivity contribution < 1.29 is 13.6 Å². The van der Waals surface area contributed by atoms with Gasteiger partial charge in [-0.25, -0.2) is 13.6 Å². The SMILES string of the molecule is CC[C@H]1CN(C(N)=O)CCN1CC(F)F. The molecule has 1 rings (SSSR count). The van der Waals surface area contributed by atoms with Crippen molar-refractivity contribution in [1.29, 1.82) is 0 Å². The third-order valence-electron chi connectivity index (χ3n) is 2.76. The average molecular weight is 221 g/mol. The molecule has 15 heavy (non-hydrogen) atoms. The molecule has 1 aliphatic rings. The Bertz CT molecular complexity index is 225. The molecule has 1 saturated heterocycles. The van der Waals surface area contributed by atoms with Gasteiger partial charge in [0.15, 0.2) is 0 Å². The molecule has 2 amide bonds. The number of hydrogen-bond donors (Lipinski definition) is 1. The van der Waals surface area contributed by atoms with Crippen LogP contribution in [-0.4, -0.2) is 54.5 Å². The van der Waals surface area contributed by atoms with Crippen molar-refractivity contribution in [2.24, 2.45) is 5.73 Å². The first-order chi connectivity index (χ1) is 7.04. The molecule has 0 radical (unpaired) electrons. The summed E-state index contributed by atoms with van der Waals surface area (Å²) in [5.41, 5.74) is 5.15. The second-order valence-electron chi connectivity index (χ2n) is 3.73. The molecule has 0 aliphatic carbocycles. The van der Waals surface area contributed by atoms with Crippen LogP contribution < -0.4 is 5.73 Å². The van der Waals surface area contributed by atoms with Crippen molar-refractivity contribution in [3.8, 4) is 0 Å². The van der Waals surface area contributed by atoms with E-state index in [1.165, 1.54) is 4.90 Å². The summed E-state index contributed by atoms with van der Waals surface area (Å²) in [7, 11) is 0. The molecule has 6 heteroatoms. The average Bonchev–Trinajstić information content (AvgIpc) is 2.17. The molecule has 0 spiro atoms. The van der Waals surface area contributed by atoms with Crippen LogP contribution in [0, 0.1) is 0 Å². The van der Waals surface area contributed by atoms with Crippen LogP contribution in [0.15, 0.2) is 0 Å². The summed E-state index contributed by atoms with van der Waals surface area (Å²) in [6.07, 6.45) is -1.57. The van der Waals surface area contributed by atoms with E-state index in [9.17, 15) is 13.6 Å². The van der Waals surface area contributed by atoms with E-state index in [1.807, 2.05) is 6.92 Å². The van der Waals surface area contributed by atoms with Gasteiger partial charge < -0.3 is 10.6 Å². The molecule has 1 aliphatic heterocycles. The minimum Gasteiger partial charge on any atom is -0.351 e. The number of rotatable bonds is 3. The van der Waals surface area contributed by atoms with Crippen LogP contribution >= 0.6 is 0 Å². The number of piperazine rings is 1. The smallest absolute Gasteiger partial charge is 0.314 e. The fourth-order valence-corrected chi connectivity index (χ4v) is 1.90. The van der Waals surface area contributed by atoms with E-state index in [0.717, 1.165) is 6.42 Å². The van der Waals surface area contributed by atoms with E-state index in [1.54, 1.807) is 4.90 Å². The quantitative estimate of drug-likeness (QED) is 0.763. The Hall–Kier alpha value is -0.910. The Morgan fingerprint density at radius 2 is 2.20 bits per heavy atom. The van der Waals surface area contributed by atoms with Crippen LogP contribution in [0.3, 0.4) is 0 Å². The lowest BCUT2D eigenvalue weighted by molar-refractivity contribution is 0.0301. The summed E-state index contributed by atoms with van der Waals surface area (Å²) in [5, 5.41) is 0. The third kappa shape index (κ3) is 3.30. The number of nitrogens with zero attached hydrogens (tertiary/aromatic N) is 2. The zero-order valence-electron chi connectivity index (χ0n) is 8.83. The molecule has 1 atom stereocenters. The number of carbonyl (C=O) groups is 1. The number of carbonyl (C=O) groups excluding carboxylic acids is 1. The molecule has 0 aromatic heterocycles. The highest BCUT2D eigenvalue weighted by molar-refractivity contribution is 5.72. The van der Waals surface area contributed by atoms with Crippen molar-refractivity contribution in [3.63, 3.8) is 0 Å². The molecule has 0 aromatic rings. The lowest BCUT2D eigenvalue weighted by Gasteiger charge is -2.40. The summed E-state index contributed by atoms with van der Waals surface area (Å²) < 4.78 is 24.5. The number of halogens is 2. The molecule has 2 N–H and O–H groups in total. The van der Waals surface area contributed by atoms with Gasteiger partial charge >= 0.3 is 6.03 Å². The normalized spacial score (nSPS) is 23.5. The van der Waals surface area contributed by atoms with E-state index < -0.39 is 12.5 Å². The Kier molecular flexibility index (Phi) is 4.26. The molecule has 0 unspecified atom stereocenters. The summed E-state index contributed by atoms with van der Waals surface area (Å²) in [6, 6.07) is -0.467. The summed E-state index contributed by atoms with van der Waals surface area (Å²) in [6.45, 7) is 3.08. The number of urea groups is 1. The number of primary amides is 1. The molecule has 1 fully saturated rings. The van der Waals surface area contributed by atoms with Gasteiger partial charge in [0.1, 0.15) is 0 Å². The summed E-state index contributed by atoms with van der Waals surface area (Å²) >= 11 is 0. The van der Waals surface area contributed by atoms with Crippen molar-refractivity contribution in [2.45, 2.75) is 25.8 Å². The lowest BCUT2D eigenvalue weighted by Crippen LogP contribution is -2.56. The van der Waals surface area contributed by atoms with Crippen LogP contribution in [0.4, 0.5) is 13.6 Å². The largest absolute Gasteiger partial charge is 0.351 e. The van der Waals surface area contributed by atoms with Gasteiger partial charge in [-0.2, -0.15) is 0 Å². The van der Waals surface area contributed by atoms with Crippen LogP contribution in [0.2, 0.25) is 0 Å². The number of nitrogens with two attached hydrogens (primary N) is 1. The van der Waals surface area contributed by atoms with Crippen molar-refractivity contribution in [3.05, 3.63) is 0 Å². The van der Waals surface area contributed by atoms with Gasteiger partial charge in [0.25, 0.3) is 6.43 Å². The molecule has 88 valence electrons. The minimum absolute atomic E-state index is 0.000231. The van der Waals surface area contributed by atoms with Crippen molar-refractivity contribution >= 4 is 6.03 Å². The van der Waals surface area contributed by atoms with Crippen molar-refractivity contribution in [1.82, 2.24) is 9.80 Å². The zero-order chi connectivity index (χ0) is 11.4. The monoisotopic (exact) mass is 221 g/mol. The molecular formula is C9H17F2N3O. The van der Waals surface area contributed by atoms with Crippen LogP contribution in [0.1, 0.15) is 13.3 Å². The van der Waals surface area contributed by atoms with Gasteiger partial charge in [-0.15, -0.1) is 0 Å². The van der Waals surface area contributed by atoms with Crippen LogP contribution in [0.25, 0.3) is 0 Å². The third-order valence-corrected chi connectivity index (χ3v) is 2.76. The first-order valence-electron chi connectivity index (χ1n) is 5.11. The fraction of sp³-hybridized carbons (Fsp3) is 0.889. The maximum atomic E-state index is 12.2. The second kappa shape index (κ2) is 5.25. The highest BCUT2D eigenvalue weighted by atomic mass is 19.3. The Balaban J connectivity index is 2.52. The van der Waals surface area contributed by atoms with E-state index in [4.69, 9.17) is 5.73 Å². The maximum Gasteiger partial charge on any atom is 0.314 e. The molecule has 4 nitrogen and oxygen atoms in total. The van der Waals surface area contributed by atoms with Crippen LogP contribution in [-0.2, 0) is 0 Å². The molecule has 0 saturated carbocycles. The standard InChI is InChI=1S/C9H17F2N3O/c1-2-7-5-14(9(12)15)4-3-13(7)6-8(10)11/h7-8H,2-6H2,1H3,(H2,12,15)/t7-/m0/s1. The van der Waals surface area contributed by atoms with E-state index in [0.29, 0.717) is 19.6 Å². The van der Waals surface area contributed by atoms with Gasteiger partial charge in [-0.05, 0) is 6.42 Å². The van der Waals surface area contributed by atoms with Gasteiger partial charge in [-0.1, -0.05) is 6.92 Å². The lowest BCUT2D eigenvalue weighted by atomic mass is 10.1. The van der Waals surface area contributed by atoms with Gasteiger partial charge in [0.05, 0.1) is 6.54 Å². The van der Waals surface area contributed by atoms with Gasteiger partial charge in [0, 0.05) is 25.7 Å². The minimum atomic E-state index is -2.32. The van der Waals surface area contributed by atoms with Gasteiger partial charge in [0.2, 0.25) is 0 Å². The topological polar surface area (TPSA) is 49.6 Å². The van der Waals surface area contributed by atoms with E-state index in [2.05, 4.69) is 0 Å².